The van der Waals surface area contributed by atoms with Crippen LogP contribution in [0.3, 0.4) is 0 Å². The third kappa shape index (κ3) is 2.74. The molecule has 1 atom stereocenters. The van der Waals surface area contributed by atoms with E-state index in [1.54, 1.807) is 7.11 Å². The summed E-state index contributed by atoms with van der Waals surface area (Å²) in [4.78, 5) is 0. The van der Waals surface area contributed by atoms with Crippen LogP contribution < -0.4 is 10.1 Å². The quantitative estimate of drug-likeness (QED) is 0.855. The van der Waals surface area contributed by atoms with Crippen molar-refractivity contribution >= 4 is 0 Å². The molecule has 0 aromatic carbocycles. The largest absolute Gasteiger partial charge is 0.501 e. The second kappa shape index (κ2) is 5.63. The van der Waals surface area contributed by atoms with E-state index in [0.29, 0.717) is 5.88 Å². The molecule has 1 aromatic rings. The van der Waals surface area contributed by atoms with Gasteiger partial charge in [-0.05, 0) is 31.5 Å². The molecule has 5 nitrogen and oxygen atoms in total. The van der Waals surface area contributed by atoms with Crippen LogP contribution in [0.15, 0.2) is 24.0 Å². The molecule has 0 fully saturated rings. The topological polar surface area (TPSA) is 56.3 Å². The van der Waals surface area contributed by atoms with Gasteiger partial charge in [0.05, 0.1) is 31.7 Å². The molecule has 2 rings (SSSR count). The van der Waals surface area contributed by atoms with Crippen molar-refractivity contribution in [2.45, 2.75) is 18.9 Å². The number of aromatic nitrogens is 2. The lowest BCUT2D eigenvalue weighted by molar-refractivity contribution is 0.219. The molecule has 1 aliphatic rings. The number of ether oxygens (including phenoxy) is 2. The second-order valence-corrected chi connectivity index (χ2v) is 3.89. The summed E-state index contributed by atoms with van der Waals surface area (Å²) in [5, 5.41) is 11.4. The van der Waals surface area contributed by atoms with Crippen LogP contribution in [-0.2, 0) is 4.74 Å². The standard InChI is InChI=1S/C12H17N3O2/c1-13-12(9-4-3-7-17-8-9)10-5-6-11(16-2)15-14-10/h5-6,8,12-13H,3-4,7H2,1-2H3. The van der Waals surface area contributed by atoms with Gasteiger partial charge in [-0.25, -0.2) is 0 Å². The molecule has 0 radical (unpaired) electrons. The number of methoxy groups -OCH3 is 1. The minimum Gasteiger partial charge on any atom is -0.501 e. The number of hydrogen-bond acceptors (Lipinski definition) is 5. The number of nitrogens with one attached hydrogen (secondary N) is 1. The van der Waals surface area contributed by atoms with E-state index in [0.717, 1.165) is 25.1 Å². The van der Waals surface area contributed by atoms with Crippen LogP contribution in [0.25, 0.3) is 0 Å². The van der Waals surface area contributed by atoms with E-state index in [2.05, 4.69) is 15.5 Å². The molecule has 0 spiro atoms. The number of hydrogen-bond donors (Lipinski definition) is 1. The smallest absolute Gasteiger partial charge is 0.233 e. The van der Waals surface area contributed by atoms with Gasteiger partial charge < -0.3 is 14.8 Å². The summed E-state index contributed by atoms with van der Waals surface area (Å²) < 4.78 is 10.4. The van der Waals surface area contributed by atoms with Gasteiger partial charge in [-0.1, -0.05) is 0 Å². The molecule has 0 amide bonds. The summed E-state index contributed by atoms with van der Waals surface area (Å²) in [7, 11) is 3.49. The Morgan fingerprint density at radius 3 is 2.82 bits per heavy atom. The van der Waals surface area contributed by atoms with Crippen molar-refractivity contribution in [3.05, 3.63) is 29.7 Å². The maximum Gasteiger partial charge on any atom is 0.233 e. The predicted molar refractivity (Wildman–Crippen MR) is 63.7 cm³/mol. The van der Waals surface area contributed by atoms with E-state index in [4.69, 9.17) is 9.47 Å². The van der Waals surface area contributed by atoms with E-state index < -0.39 is 0 Å². The molecule has 0 aliphatic carbocycles. The Morgan fingerprint density at radius 2 is 2.29 bits per heavy atom. The normalized spacial score (nSPS) is 16.9. The molecule has 92 valence electrons. The lowest BCUT2D eigenvalue weighted by Crippen LogP contribution is -2.22. The molecule has 1 aromatic heterocycles. The first-order valence-corrected chi connectivity index (χ1v) is 5.70. The van der Waals surface area contributed by atoms with Gasteiger partial charge in [0.2, 0.25) is 5.88 Å². The van der Waals surface area contributed by atoms with Gasteiger partial charge >= 0.3 is 0 Å². The summed E-state index contributed by atoms with van der Waals surface area (Å²) >= 11 is 0. The van der Waals surface area contributed by atoms with Crippen LogP contribution in [0.4, 0.5) is 0 Å². The van der Waals surface area contributed by atoms with Crippen LogP contribution in [0.2, 0.25) is 0 Å². The third-order valence-electron chi connectivity index (χ3n) is 2.79. The Labute approximate surface area is 101 Å². The first-order valence-electron chi connectivity index (χ1n) is 5.70. The van der Waals surface area contributed by atoms with Gasteiger partial charge in [0.25, 0.3) is 0 Å². The average Bonchev–Trinajstić information content (AvgIpc) is 2.42. The van der Waals surface area contributed by atoms with Gasteiger partial charge in [-0.15, -0.1) is 10.2 Å². The van der Waals surface area contributed by atoms with Crippen molar-refractivity contribution in [3.8, 4) is 5.88 Å². The van der Waals surface area contributed by atoms with Gasteiger partial charge in [-0.3, -0.25) is 0 Å². The van der Waals surface area contributed by atoms with Crippen LogP contribution in [0, 0.1) is 0 Å². The Balaban J connectivity index is 2.18. The Hall–Kier alpha value is -1.62. The number of rotatable bonds is 4. The first-order chi connectivity index (χ1) is 8.35. The maximum atomic E-state index is 5.36. The zero-order valence-electron chi connectivity index (χ0n) is 10.1. The van der Waals surface area contributed by atoms with Crippen molar-refractivity contribution in [1.29, 1.82) is 0 Å². The lowest BCUT2D eigenvalue weighted by Gasteiger charge is -2.22. The molecule has 0 bridgehead atoms. The number of nitrogens with zero attached hydrogens (tertiary/aromatic N) is 2. The van der Waals surface area contributed by atoms with Crippen LogP contribution in [0.5, 0.6) is 5.88 Å². The van der Waals surface area contributed by atoms with Crippen LogP contribution >= 0.6 is 0 Å². The average molecular weight is 235 g/mol. The van der Waals surface area contributed by atoms with Gasteiger partial charge in [0, 0.05) is 6.07 Å². The van der Waals surface area contributed by atoms with E-state index in [1.807, 2.05) is 25.4 Å². The van der Waals surface area contributed by atoms with Crippen molar-refractivity contribution < 1.29 is 9.47 Å². The Kier molecular flexibility index (Phi) is 3.93. The molecule has 0 saturated carbocycles. The second-order valence-electron chi connectivity index (χ2n) is 3.89. The van der Waals surface area contributed by atoms with Gasteiger partial charge in [0.15, 0.2) is 0 Å². The Morgan fingerprint density at radius 1 is 1.41 bits per heavy atom. The molecule has 0 saturated heterocycles. The first kappa shape index (κ1) is 11.9. The van der Waals surface area contributed by atoms with Gasteiger partial charge in [0.1, 0.15) is 0 Å². The zero-order chi connectivity index (χ0) is 12.1. The highest BCUT2D eigenvalue weighted by atomic mass is 16.5. The zero-order valence-corrected chi connectivity index (χ0v) is 10.1. The van der Waals surface area contributed by atoms with Crippen LogP contribution in [-0.4, -0.2) is 31.0 Å². The Bertz CT molecular complexity index is 389. The highest BCUT2D eigenvalue weighted by Gasteiger charge is 2.19. The van der Waals surface area contributed by atoms with Crippen molar-refractivity contribution in [3.63, 3.8) is 0 Å². The molecular formula is C12H17N3O2. The molecule has 5 heteroatoms. The minimum atomic E-state index is 0.0636. The maximum absolute atomic E-state index is 5.36. The minimum absolute atomic E-state index is 0.0636. The fourth-order valence-corrected chi connectivity index (χ4v) is 1.91. The summed E-state index contributed by atoms with van der Waals surface area (Å²) in [6.45, 7) is 0.800. The van der Waals surface area contributed by atoms with E-state index in [9.17, 15) is 0 Å². The fourth-order valence-electron chi connectivity index (χ4n) is 1.91. The predicted octanol–water partition coefficient (Wildman–Crippen LogP) is 1.44. The van der Waals surface area contributed by atoms with E-state index in [1.165, 1.54) is 5.57 Å². The van der Waals surface area contributed by atoms with Crippen LogP contribution in [0.1, 0.15) is 24.6 Å². The number of likely N-dealkylation sites (N-methyl/N-ethyl adjacent to an activating group) is 1. The molecule has 17 heavy (non-hydrogen) atoms. The van der Waals surface area contributed by atoms with Crippen molar-refractivity contribution in [1.82, 2.24) is 15.5 Å². The van der Waals surface area contributed by atoms with E-state index >= 15 is 0 Å². The summed E-state index contributed by atoms with van der Waals surface area (Å²) in [5.74, 6) is 0.525. The molecule has 1 unspecified atom stereocenters. The molecule has 2 heterocycles. The molecular weight excluding hydrogens is 218 g/mol. The summed E-state index contributed by atoms with van der Waals surface area (Å²) in [6.07, 6.45) is 3.91. The summed E-state index contributed by atoms with van der Waals surface area (Å²) in [5.41, 5.74) is 2.09. The summed E-state index contributed by atoms with van der Waals surface area (Å²) in [6, 6.07) is 3.80. The lowest BCUT2D eigenvalue weighted by atomic mass is 9.99. The fraction of sp³-hybridized carbons (Fsp3) is 0.500. The third-order valence-corrected chi connectivity index (χ3v) is 2.79. The van der Waals surface area contributed by atoms with E-state index in [-0.39, 0.29) is 6.04 Å². The van der Waals surface area contributed by atoms with Crippen molar-refractivity contribution in [2.75, 3.05) is 20.8 Å². The van der Waals surface area contributed by atoms with Crippen molar-refractivity contribution in [2.24, 2.45) is 0 Å². The molecule has 1 aliphatic heterocycles. The highest BCUT2D eigenvalue weighted by Crippen LogP contribution is 2.26. The molecule has 1 N–H and O–H groups in total. The monoisotopic (exact) mass is 235 g/mol. The SMILES string of the molecule is CNC(C1=COCCC1)c1ccc(OC)nn1. The highest BCUT2D eigenvalue weighted by molar-refractivity contribution is 5.23. The van der Waals surface area contributed by atoms with Gasteiger partial charge in [-0.2, -0.15) is 0 Å².